The van der Waals surface area contributed by atoms with E-state index in [1.807, 2.05) is 27.7 Å². The molecule has 0 aliphatic rings. The van der Waals surface area contributed by atoms with Gasteiger partial charge in [0.1, 0.15) is 12.1 Å². The van der Waals surface area contributed by atoms with E-state index in [1.165, 1.54) is 12.1 Å². The number of carboxylic acid groups (broad SMARTS) is 1. The molecule has 0 aliphatic heterocycles. The van der Waals surface area contributed by atoms with Gasteiger partial charge >= 0.3 is 23.9 Å². The third kappa shape index (κ3) is 9.60. The van der Waals surface area contributed by atoms with E-state index in [9.17, 15) is 24.3 Å². The van der Waals surface area contributed by atoms with Gasteiger partial charge in [-0.15, -0.1) is 0 Å². The van der Waals surface area contributed by atoms with Crippen LogP contribution >= 0.6 is 0 Å². The Kier molecular flexibility index (Phi) is 13.2. The van der Waals surface area contributed by atoms with E-state index in [-0.39, 0.29) is 42.6 Å². The maximum atomic E-state index is 12.4. The van der Waals surface area contributed by atoms with Crippen LogP contribution in [0.1, 0.15) is 91.5 Å². The summed E-state index contributed by atoms with van der Waals surface area (Å²) < 4.78 is 16.5. The maximum absolute atomic E-state index is 12.4. The van der Waals surface area contributed by atoms with Crippen LogP contribution in [0.2, 0.25) is 0 Å². The van der Waals surface area contributed by atoms with Gasteiger partial charge in [0.15, 0.2) is 11.5 Å². The van der Waals surface area contributed by atoms with Crippen LogP contribution in [-0.4, -0.2) is 41.1 Å². The molecule has 0 spiro atoms. The van der Waals surface area contributed by atoms with Crippen molar-refractivity contribution in [2.75, 3.05) is 0 Å². The van der Waals surface area contributed by atoms with Crippen molar-refractivity contribution in [1.82, 2.24) is 0 Å². The van der Waals surface area contributed by atoms with Crippen LogP contribution in [0.5, 0.6) is 11.5 Å². The fourth-order valence-corrected chi connectivity index (χ4v) is 3.73. The van der Waals surface area contributed by atoms with Crippen molar-refractivity contribution < 1.29 is 38.5 Å². The summed E-state index contributed by atoms with van der Waals surface area (Å²) >= 11 is 0. The Labute approximate surface area is 213 Å². The zero-order valence-corrected chi connectivity index (χ0v) is 22.2. The molecule has 9 heteroatoms. The molecule has 0 aromatic heterocycles. The average molecular weight is 508 g/mol. The number of carbonyl (C=O) groups excluding carboxylic acids is 3. The highest BCUT2D eigenvalue weighted by Crippen LogP contribution is 2.37. The number of benzene rings is 1. The smallest absolute Gasteiger partial charge is 0.321 e. The number of carboxylic acids is 1. The number of nitrogens with two attached hydrogens (primary N) is 1. The highest BCUT2D eigenvalue weighted by Gasteiger charge is 2.36. The highest BCUT2D eigenvalue weighted by atomic mass is 16.6. The summed E-state index contributed by atoms with van der Waals surface area (Å²) in [4.78, 5) is 48.6. The topological polar surface area (TPSA) is 142 Å². The minimum absolute atomic E-state index is 0.00612. The van der Waals surface area contributed by atoms with Gasteiger partial charge in [-0.1, -0.05) is 47.1 Å². The summed E-state index contributed by atoms with van der Waals surface area (Å²) in [5.41, 5.74) is 6.54. The summed E-state index contributed by atoms with van der Waals surface area (Å²) in [5, 5.41) is 9.71. The molecule has 0 fully saturated rings. The van der Waals surface area contributed by atoms with E-state index in [0.29, 0.717) is 18.4 Å². The molecule has 0 aliphatic carbocycles. The van der Waals surface area contributed by atoms with Gasteiger partial charge in [-0.3, -0.25) is 19.2 Å². The van der Waals surface area contributed by atoms with E-state index in [4.69, 9.17) is 19.9 Å². The third-order valence-corrected chi connectivity index (χ3v) is 6.22. The van der Waals surface area contributed by atoms with Crippen molar-refractivity contribution >= 4 is 23.9 Å². The fourth-order valence-electron chi connectivity index (χ4n) is 3.73. The lowest BCUT2D eigenvalue weighted by molar-refractivity contribution is -0.152. The second-order valence-corrected chi connectivity index (χ2v) is 9.32. The largest absolute Gasteiger partial charge is 0.480 e. The van der Waals surface area contributed by atoms with Gasteiger partial charge in [0.2, 0.25) is 0 Å². The molecule has 1 rings (SSSR count). The minimum Gasteiger partial charge on any atom is -0.480 e. The lowest BCUT2D eigenvalue weighted by atomic mass is 9.79. The van der Waals surface area contributed by atoms with Gasteiger partial charge in [0, 0.05) is 31.1 Å². The molecule has 0 amide bonds. The molecular formula is C27H41NO8. The molecule has 3 N–H and O–H groups in total. The summed E-state index contributed by atoms with van der Waals surface area (Å²) in [7, 11) is 0. The molecule has 0 saturated carbocycles. The number of hydrogen-bond donors (Lipinski definition) is 2. The first kappa shape index (κ1) is 31.1. The van der Waals surface area contributed by atoms with Crippen LogP contribution in [-0.2, 0) is 23.9 Å². The lowest BCUT2D eigenvalue weighted by Crippen LogP contribution is -2.42. The Morgan fingerprint density at radius 1 is 0.889 bits per heavy atom. The number of carbonyl (C=O) groups is 4. The zero-order chi connectivity index (χ0) is 27.4. The van der Waals surface area contributed by atoms with Crippen molar-refractivity contribution in [3.63, 3.8) is 0 Å². The summed E-state index contributed by atoms with van der Waals surface area (Å²) in [6.07, 6.45) is 1.95. The number of hydrogen-bond acceptors (Lipinski definition) is 8. The second-order valence-electron chi connectivity index (χ2n) is 9.32. The number of rotatable bonds is 15. The minimum atomic E-state index is -1.33. The van der Waals surface area contributed by atoms with E-state index in [2.05, 4.69) is 0 Å². The molecule has 1 aromatic carbocycles. The van der Waals surface area contributed by atoms with Crippen LogP contribution in [0.4, 0.5) is 0 Å². The molecule has 0 bridgehead atoms. The lowest BCUT2D eigenvalue weighted by Gasteiger charge is -2.32. The van der Waals surface area contributed by atoms with Crippen LogP contribution in [0.25, 0.3) is 0 Å². The standard InChI is InChI=1S/C27H41NO8/c1-7-10-22(29)35-20-13-12-19(15-21(20)36-23(30)11-8-2)25(26(28)27(32)33)17(5)18(6)34-24(31)14-16(4)9-3/h12-13,15-18,25-26H,7-11,14,28H2,1-6H3,(H,32,33)/t16?,17?,18?,25?,26-/m0/s1. The molecule has 0 saturated heterocycles. The van der Waals surface area contributed by atoms with E-state index < -0.39 is 41.9 Å². The fraction of sp³-hybridized carbons (Fsp3) is 0.630. The molecule has 202 valence electrons. The first-order valence-electron chi connectivity index (χ1n) is 12.7. The molecular weight excluding hydrogens is 466 g/mol. The Balaban J connectivity index is 3.37. The van der Waals surface area contributed by atoms with Crippen LogP contribution in [0, 0.1) is 11.8 Å². The number of aliphatic carboxylic acids is 1. The summed E-state index contributed by atoms with van der Waals surface area (Å²) in [5.74, 6) is -3.64. The van der Waals surface area contributed by atoms with Crippen molar-refractivity contribution in [3.05, 3.63) is 23.8 Å². The quantitative estimate of drug-likeness (QED) is 0.257. The van der Waals surface area contributed by atoms with Crippen molar-refractivity contribution in [1.29, 1.82) is 0 Å². The van der Waals surface area contributed by atoms with Crippen LogP contribution in [0.3, 0.4) is 0 Å². The van der Waals surface area contributed by atoms with Crippen molar-refractivity contribution in [3.8, 4) is 11.5 Å². The second kappa shape index (κ2) is 15.2. The maximum Gasteiger partial charge on any atom is 0.321 e. The van der Waals surface area contributed by atoms with Crippen molar-refractivity contribution in [2.45, 2.75) is 98.1 Å². The van der Waals surface area contributed by atoms with Crippen molar-refractivity contribution in [2.24, 2.45) is 17.6 Å². The predicted octanol–water partition coefficient (Wildman–Crippen LogP) is 4.60. The van der Waals surface area contributed by atoms with Gasteiger partial charge in [-0.25, -0.2) is 0 Å². The van der Waals surface area contributed by atoms with Gasteiger partial charge in [0.05, 0.1) is 0 Å². The molecule has 9 nitrogen and oxygen atoms in total. The van der Waals surface area contributed by atoms with E-state index in [0.717, 1.165) is 6.42 Å². The molecule has 36 heavy (non-hydrogen) atoms. The SMILES string of the molecule is CCCC(=O)Oc1ccc(C(C(C)C(C)OC(=O)CC(C)CC)[C@H](N)C(=O)O)cc1OC(=O)CCC. The summed E-state index contributed by atoms with van der Waals surface area (Å²) in [6, 6.07) is 3.19. The molecule has 4 unspecified atom stereocenters. The average Bonchev–Trinajstić information content (AvgIpc) is 2.80. The number of esters is 3. The van der Waals surface area contributed by atoms with Crippen LogP contribution in [0.15, 0.2) is 18.2 Å². The van der Waals surface area contributed by atoms with Gasteiger partial charge < -0.3 is 25.1 Å². The Morgan fingerprint density at radius 3 is 1.94 bits per heavy atom. The first-order chi connectivity index (χ1) is 16.9. The monoisotopic (exact) mass is 507 g/mol. The Hall–Kier alpha value is -2.94. The summed E-state index contributed by atoms with van der Waals surface area (Å²) in [6.45, 7) is 11.1. The van der Waals surface area contributed by atoms with Gasteiger partial charge in [0.25, 0.3) is 0 Å². The molecule has 5 atom stereocenters. The Morgan fingerprint density at radius 2 is 1.44 bits per heavy atom. The molecule has 0 heterocycles. The van der Waals surface area contributed by atoms with Gasteiger partial charge in [-0.2, -0.15) is 0 Å². The van der Waals surface area contributed by atoms with Gasteiger partial charge in [-0.05, 0) is 43.4 Å². The van der Waals surface area contributed by atoms with Crippen LogP contribution < -0.4 is 15.2 Å². The molecule has 1 aromatic rings. The van der Waals surface area contributed by atoms with E-state index in [1.54, 1.807) is 19.9 Å². The first-order valence-corrected chi connectivity index (χ1v) is 12.7. The Bertz CT molecular complexity index is 900. The third-order valence-electron chi connectivity index (χ3n) is 6.22. The molecule has 0 radical (unpaired) electrons. The highest BCUT2D eigenvalue weighted by molar-refractivity contribution is 5.77. The number of ether oxygens (including phenoxy) is 3. The normalized spacial score (nSPS) is 15.2. The predicted molar refractivity (Wildman–Crippen MR) is 135 cm³/mol. The van der Waals surface area contributed by atoms with E-state index >= 15 is 0 Å². The zero-order valence-electron chi connectivity index (χ0n) is 22.2.